The van der Waals surface area contributed by atoms with Gasteiger partial charge in [0.15, 0.2) is 0 Å². The number of hydrogen-bond acceptors (Lipinski definition) is 5. The van der Waals surface area contributed by atoms with Gasteiger partial charge < -0.3 is 25.4 Å². The number of fused-ring (bicyclic) bond motifs is 3. The quantitative estimate of drug-likeness (QED) is 0.511. The first-order valence-corrected chi connectivity index (χ1v) is 11.0. The van der Waals surface area contributed by atoms with Gasteiger partial charge in [-0.05, 0) is 49.7 Å². The number of likely N-dealkylation sites (N-methyl/N-ethyl adjacent to an activating group) is 1. The summed E-state index contributed by atoms with van der Waals surface area (Å²) in [6.07, 6.45) is -0.405. The Morgan fingerprint density at radius 3 is 2.12 bits per heavy atom. The summed E-state index contributed by atoms with van der Waals surface area (Å²) in [6.45, 7) is 2.17. The second-order valence-electron chi connectivity index (χ2n) is 8.63. The largest absolute Gasteiger partial charge is 0.481 e. The molecule has 176 valence electrons. The summed E-state index contributed by atoms with van der Waals surface area (Å²) >= 11 is 0. The van der Waals surface area contributed by atoms with Crippen LogP contribution in [-0.4, -0.2) is 67.3 Å². The van der Waals surface area contributed by atoms with E-state index in [2.05, 4.69) is 22.8 Å². The number of nitrogens with zero attached hydrogens (tertiary/aromatic N) is 1. The van der Waals surface area contributed by atoms with Gasteiger partial charge in [0.1, 0.15) is 12.6 Å². The number of carbonyl (C=O) groups excluding carboxylic acids is 2. The molecule has 8 nitrogen and oxygen atoms in total. The molecule has 0 aromatic heterocycles. The molecule has 1 aliphatic carbocycles. The number of ether oxygens (including phenoxy) is 1. The molecule has 0 saturated heterocycles. The van der Waals surface area contributed by atoms with E-state index in [0.29, 0.717) is 6.42 Å². The first-order valence-electron chi connectivity index (χ1n) is 11.0. The minimum absolute atomic E-state index is 0.0421. The maximum Gasteiger partial charge on any atom is 0.407 e. The zero-order chi connectivity index (χ0) is 24.0. The number of carbonyl (C=O) groups is 3. The van der Waals surface area contributed by atoms with E-state index in [4.69, 9.17) is 9.84 Å². The van der Waals surface area contributed by atoms with Crippen LogP contribution in [0.5, 0.6) is 0 Å². The fourth-order valence-electron chi connectivity index (χ4n) is 4.10. The van der Waals surface area contributed by atoms with Gasteiger partial charge in [-0.15, -0.1) is 0 Å². The standard InChI is InChI=1S/C25H31N3O5/c1-16(12-13-23(29)30)26-24(31)22(14-28(2)3)27-25(32)33-15-21-19-10-6-4-8-17(19)18-9-5-7-11-20(18)21/h4-11,16,21-22H,12-15H2,1-3H3,(H,26,31)(H,27,32)(H,29,30). The normalized spacial score (nSPS) is 14.2. The van der Waals surface area contributed by atoms with Crippen LogP contribution < -0.4 is 10.6 Å². The van der Waals surface area contributed by atoms with Gasteiger partial charge in [-0.3, -0.25) is 9.59 Å². The number of rotatable bonds is 10. The van der Waals surface area contributed by atoms with E-state index >= 15 is 0 Å². The van der Waals surface area contributed by atoms with Gasteiger partial charge in [-0.2, -0.15) is 0 Å². The van der Waals surface area contributed by atoms with Crippen LogP contribution in [0.15, 0.2) is 48.5 Å². The number of carboxylic acid groups (broad SMARTS) is 1. The highest BCUT2D eigenvalue weighted by molar-refractivity contribution is 5.86. The SMILES string of the molecule is CC(CCC(=O)O)NC(=O)C(CN(C)C)NC(=O)OCC1c2ccccc2-c2ccccc21. The monoisotopic (exact) mass is 453 g/mol. The number of alkyl carbamates (subject to hydrolysis) is 1. The Hall–Kier alpha value is -3.39. The molecule has 0 fully saturated rings. The lowest BCUT2D eigenvalue weighted by Gasteiger charge is -2.24. The summed E-state index contributed by atoms with van der Waals surface area (Å²) in [5.41, 5.74) is 4.51. The Labute approximate surface area is 193 Å². The van der Waals surface area contributed by atoms with Crippen molar-refractivity contribution in [3.8, 4) is 11.1 Å². The molecule has 0 bridgehead atoms. The summed E-state index contributed by atoms with van der Waals surface area (Å²) in [6, 6.07) is 15.0. The van der Waals surface area contributed by atoms with Crippen molar-refractivity contribution in [3.63, 3.8) is 0 Å². The summed E-state index contributed by atoms with van der Waals surface area (Å²) < 4.78 is 5.56. The zero-order valence-corrected chi connectivity index (χ0v) is 19.2. The molecule has 2 aromatic rings. The molecule has 0 spiro atoms. The zero-order valence-electron chi connectivity index (χ0n) is 19.2. The highest BCUT2D eigenvalue weighted by atomic mass is 16.5. The number of benzene rings is 2. The van der Waals surface area contributed by atoms with Crippen LogP contribution in [0.25, 0.3) is 11.1 Å². The number of carboxylic acids is 1. The Morgan fingerprint density at radius 1 is 1.00 bits per heavy atom. The lowest BCUT2D eigenvalue weighted by atomic mass is 9.98. The highest BCUT2D eigenvalue weighted by Gasteiger charge is 2.30. The van der Waals surface area contributed by atoms with Gasteiger partial charge in [0.05, 0.1) is 0 Å². The third kappa shape index (κ3) is 6.32. The van der Waals surface area contributed by atoms with Crippen LogP contribution in [-0.2, 0) is 14.3 Å². The molecule has 8 heteroatoms. The van der Waals surface area contributed by atoms with Gasteiger partial charge in [0.25, 0.3) is 0 Å². The molecule has 0 saturated carbocycles. The Kier molecular flexibility index (Phi) is 8.06. The van der Waals surface area contributed by atoms with Crippen LogP contribution >= 0.6 is 0 Å². The van der Waals surface area contributed by atoms with E-state index in [9.17, 15) is 14.4 Å². The third-order valence-electron chi connectivity index (χ3n) is 5.68. The van der Waals surface area contributed by atoms with E-state index in [0.717, 1.165) is 22.3 Å². The predicted octanol–water partition coefficient (Wildman–Crippen LogP) is 2.82. The molecule has 3 N–H and O–H groups in total. The minimum atomic E-state index is -0.919. The number of aliphatic carboxylic acids is 1. The van der Waals surface area contributed by atoms with Gasteiger partial charge >= 0.3 is 12.1 Å². The number of hydrogen-bond donors (Lipinski definition) is 3. The maximum absolute atomic E-state index is 12.7. The van der Waals surface area contributed by atoms with Crippen molar-refractivity contribution in [2.24, 2.45) is 0 Å². The topological polar surface area (TPSA) is 108 Å². The van der Waals surface area contributed by atoms with Gasteiger partial charge in [0.2, 0.25) is 5.91 Å². The Bertz CT molecular complexity index is 962. The minimum Gasteiger partial charge on any atom is -0.481 e. The summed E-state index contributed by atoms with van der Waals surface area (Å²) in [4.78, 5) is 37.9. The Morgan fingerprint density at radius 2 is 1.58 bits per heavy atom. The predicted molar refractivity (Wildman–Crippen MR) is 125 cm³/mol. The molecule has 0 aliphatic heterocycles. The van der Waals surface area contributed by atoms with Crippen LogP contribution in [0.4, 0.5) is 4.79 Å². The van der Waals surface area contributed by atoms with E-state index < -0.39 is 18.1 Å². The van der Waals surface area contributed by atoms with E-state index in [1.807, 2.05) is 36.4 Å². The van der Waals surface area contributed by atoms with Crippen molar-refractivity contribution in [3.05, 3.63) is 59.7 Å². The maximum atomic E-state index is 12.7. The second-order valence-corrected chi connectivity index (χ2v) is 8.63. The molecule has 0 radical (unpaired) electrons. The molecular weight excluding hydrogens is 422 g/mol. The van der Waals surface area contributed by atoms with Gasteiger partial charge in [-0.25, -0.2) is 4.79 Å². The molecule has 2 amide bonds. The molecule has 33 heavy (non-hydrogen) atoms. The number of amides is 2. The molecular formula is C25H31N3O5. The van der Waals surface area contributed by atoms with E-state index in [1.165, 1.54) is 0 Å². The van der Waals surface area contributed by atoms with Crippen LogP contribution in [0.1, 0.15) is 36.8 Å². The molecule has 2 aromatic carbocycles. The van der Waals surface area contributed by atoms with E-state index in [-0.39, 0.29) is 37.4 Å². The first-order chi connectivity index (χ1) is 15.8. The smallest absolute Gasteiger partial charge is 0.407 e. The molecule has 2 atom stereocenters. The molecule has 3 rings (SSSR count). The average molecular weight is 454 g/mol. The second kappa shape index (κ2) is 11.0. The summed E-state index contributed by atoms with van der Waals surface area (Å²) in [5, 5.41) is 14.3. The fraction of sp³-hybridized carbons (Fsp3) is 0.400. The van der Waals surface area contributed by atoms with Crippen LogP contribution in [0.2, 0.25) is 0 Å². The van der Waals surface area contributed by atoms with E-state index in [1.54, 1.807) is 25.9 Å². The lowest BCUT2D eigenvalue weighted by molar-refractivity contribution is -0.137. The lowest BCUT2D eigenvalue weighted by Crippen LogP contribution is -2.53. The third-order valence-corrected chi connectivity index (χ3v) is 5.68. The van der Waals surface area contributed by atoms with Crippen molar-refractivity contribution in [1.29, 1.82) is 0 Å². The van der Waals surface area contributed by atoms with Crippen LogP contribution in [0.3, 0.4) is 0 Å². The highest BCUT2D eigenvalue weighted by Crippen LogP contribution is 2.44. The first kappa shape index (κ1) is 24.3. The average Bonchev–Trinajstić information content (AvgIpc) is 3.09. The Balaban J connectivity index is 1.61. The van der Waals surface area contributed by atoms with Crippen molar-refractivity contribution in [1.82, 2.24) is 15.5 Å². The van der Waals surface area contributed by atoms with Crippen LogP contribution in [0, 0.1) is 0 Å². The fourth-order valence-corrected chi connectivity index (χ4v) is 4.10. The molecule has 0 heterocycles. The van der Waals surface area contributed by atoms with Crippen molar-refractivity contribution in [2.75, 3.05) is 27.2 Å². The summed E-state index contributed by atoms with van der Waals surface area (Å²) in [5.74, 6) is -1.37. The van der Waals surface area contributed by atoms with Gasteiger partial charge in [-0.1, -0.05) is 48.5 Å². The van der Waals surface area contributed by atoms with Gasteiger partial charge in [0, 0.05) is 24.9 Å². The molecule has 2 unspecified atom stereocenters. The van der Waals surface area contributed by atoms with Crippen molar-refractivity contribution >= 4 is 18.0 Å². The molecule has 1 aliphatic rings. The number of nitrogens with one attached hydrogen (secondary N) is 2. The van der Waals surface area contributed by atoms with Crippen molar-refractivity contribution in [2.45, 2.75) is 37.8 Å². The van der Waals surface area contributed by atoms with Crippen molar-refractivity contribution < 1.29 is 24.2 Å². The summed E-state index contributed by atoms with van der Waals surface area (Å²) in [7, 11) is 3.60.